The van der Waals surface area contributed by atoms with Crippen LogP contribution in [-0.4, -0.2) is 31.0 Å². The molecule has 1 N–H and O–H groups in total. The molecule has 5 nitrogen and oxygen atoms in total. The molecule has 0 saturated heterocycles. The van der Waals surface area contributed by atoms with Gasteiger partial charge in [-0.05, 0) is 37.0 Å². The van der Waals surface area contributed by atoms with Gasteiger partial charge in [-0.2, -0.15) is 0 Å². The molecule has 2 atom stereocenters. The van der Waals surface area contributed by atoms with Crippen LogP contribution in [0.15, 0.2) is 18.2 Å². The van der Waals surface area contributed by atoms with E-state index in [0.717, 1.165) is 19.3 Å². The number of rotatable bonds is 3. The first-order chi connectivity index (χ1) is 11.0. The smallest absolute Gasteiger partial charge is 0.265 e. The van der Waals surface area contributed by atoms with Crippen LogP contribution in [0.3, 0.4) is 0 Å². The molecule has 1 saturated carbocycles. The van der Waals surface area contributed by atoms with Crippen LogP contribution in [0.1, 0.15) is 32.6 Å². The molecule has 6 heteroatoms. The van der Waals surface area contributed by atoms with E-state index >= 15 is 0 Å². The highest BCUT2D eigenvalue weighted by molar-refractivity contribution is 6.31. The number of fused-ring (bicyclic) bond motifs is 1. The molecular formula is C17H21ClN2O3. The van der Waals surface area contributed by atoms with Gasteiger partial charge in [-0.1, -0.05) is 31.4 Å². The number of amides is 2. The van der Waals surface area contributed by atoms with Gasteiger partial charge in [0.05, 0.1) is 5.69 Å². The number of nitrogens with zero attached hydrogens (tertiary/aromatic N) is 1. The Hall–Kier alpha value is -1.75. The summed E-state index contributed by atoms with van der Waals surface area (Å²) in [5.41, 5.74) is 0.556. The second kappa shape index (κ2) is 6.79. The molecule has 0 bridgehead atoms. The zero-order chi connectivity index (χ0) is 16.4. The van der Waals surface area contributed by atoms with Crippen molar-refractivity contribution in [2.24, 2.45) is 5.92 Å². The molecule has 0 aromatic heterocycles. The maximum absolute atomic E-state index is 12.4. The van der Waals surface area contributed by atoms with E-state index < -0.39 is 0 Å². The minimum Gasteiger partial charge on any atom is -0.482 e. The Kier molecular flexibility index (Phi) is 4.76. The monoisotopic (exact) mass is 336 g/mol. The Labute approximate surface area is 140 Å². The summed E-state index contributed by atoms with van der Waals surface area (Å²) in [5.74, 6) is 0.694. The number of nitrogens with one attached hydrogen (secondary N) is 1. The highest BCUT2D eigenvalue weighted by Crippen LogP contribution is 2.34. The van der Waals surface area contributed by atoms with Gasteiger partial charge in [-0.3, -0.25) is 14.5 Å². The molecule has 1 fully saturated rings. The lowest BCUT2D eigenvalue weighted by Crippen LogP contribution is -2.49. The number of carbonyl (C=O) groups excluding carboxylic acids is 2. The summed E-state index contributed by atoms with van der Waals surface area (Å²) in [4.78, 5) is 26.0. The second-order valence-corrected chi connectivity index (χ2v) is 6.75. The highest BCUT2D eigenvalue weighted by atomic mass is 35.5. The molecular weight excluding hydrogens is 316 g/mol. The Bertz CT molecular complexity index is 620. The van der Waals surface area contributed by atoms with Gasteiger partial charge in [-0.25, -0.2) is 0 Å². The van der Waals surface area contributed by atoms with Crippen molar-refractivity contribution < 1.29 is 14.3 Å². The zero-order valence-electron chi connectivity index (χ0n) is 13.2. The number of carbonyl (C=O) groups is 2. The van der Waals surface area contributed by atoms with Crippen LogP contribution >= 0.6 is 11.6 Å². The van der Waals surface area contributed by atoms with E-state index in [1.165, 1.54) is 11.3 Å². The van der Waals surface area contributed by atoms with E-state index in [2.05, 4.69) is 12.2 Å². The van der Waals surface area contributed by atoms with Crippen LogP contribution in [0.25, 0.3) is 0 Å². The lowest BCUT2D eigenvalue weighted by Gasteiger charge is -2.32. The molecule has 2 amide bonds. The van der Waals surface area contributed by atoms with Gasteiger partial charge in [0.15, 0.2) is 6.61 Å². The van der Waals surface area contributed by atoms with Gasteiger partial charge >= 0.3 is 0 Å². The third-order valence-electron chi connectivity index (χ3n) is 4.62. The summed E-state index contributed by atoms with van der Waals surface area (Å²) in [6, 6.07) is 5.28. The summed E-state index contributed by atoms with van der Waals surface area (Å²) in [7, 11) is 0. The third kappa shape index (κ3) is 3.61. The van der Waals surface area contributed by atoms with Crippen molar-refractivity contribution in [3.8, 4) is 5.75 Å². The SMILES string of the molecule is C[C@H]1CCCC[C@@H]1NC(=O)CN1C(=O)COc2ccc(Cl)cc21. The Morgan fingerprint density at radius 3 is 2.96 bits per heavy atom. The standard InChI is InChI=1S/C17H21ClN2O3/c1-11-4-2-3-5-13(11)19-16(21)9-20-14-8-12(18)6-7-15(14)23-10-17(20)22/h6-8,11,13H,2-5,9-10H2,1H3,(H,19,21)/t11-,13-/m0/s1. The van der Waals surface area contributed by atoms with Gasteiger partial charge in [0.25, 0.3) is 5.91 Å². The Balaban J connectivity index is 1.70. The first-order valence-corrected chi connectivity index (χ1v) is 8.44. The van der Waals surface area contributed by atoms with Crippen molar-refractivity contribution in [1.29, 1.82) is 0 Å². The fraction of sp³-hybridized carbons (Fsp3) is 0.529. The molecule has 1 aromatic carbocycles. The van der Waals surface area contributed by atoms with Crippen molar-refractivity contribution in [2.45, 2.75) is 38.6 Å². The van der Waals surface area contributed by atoms with Gasteiger partial charge in [-0.15, -0.1) is 0 Å². The molecule has 1 aliphatic heterocycles. The number of anilines is 1. The van der Waals surface area contributed by atoms with Crippen LogP contribution in [0, 0.1) is 5.92 Å². The summed E-state index contributed by atoms with van der Waals surface area (Å²) in [5, 5.41) is 3.58. The number of hydrogen-bond acceptors (Lipinski definition) is 3. The predicted molar refractivity (Wildman–Crippen MR) is 88.9 cm³/mol. The first kappa shape index (κ1) is 16.1. The van der Waals surface area contributed by atoms with Crippen molar-refractivity contribution in [3.05, 3.63) is 23.2 Å². The summed E-state index contributed by atoms with van der Waals surface area (Å²) >= 11 is 6.01. The summed E-state index contributed by atoms with van der Waals surface area (Å²) in [6.07, 6.45) is 4.51. The van der Waals surface area contributed by atoms with E-state index in [4.69, 9.17) is 16.3 Å². The first-order valence-electron chi connectivity index (χ1n) is 8.06. The number of hydrogen-bond donors (Lipinski definition) is 1. The molecule has 0 unspecified atom stereocenters. The van der Waals surface area contributed by atoms with Crippen LogP contribution in [0.5, 0.6) is 5.75 Å². The lowest BCUT2D eigenvalue weighted by atomic mass is 9.86. The van der Waals surface area contributed by atoms with E-state index in [9.17, 15) is 9.59 Å². The zero-order valence-corrected chi connectivity index (χ0v) is 13.9. The minimum atomic E-state index is -0.230. The normalized spacial score (nSPS) is 23.9. The Morgan fingerprint density at radius 2 is 2.17 bits per heavy atom. The predicted octanol–water partition coefficient (Wildman–Crippen LogP) is 2.76. The second-order valence-electron chi connectivity index (χ2n) is 6.32. The highest BCUT2D eigenvalue weighted by Gasteiger charge is 2.29. The summed E-state index contributed by atoms with van der Waals surface area (Å²) < 4.78 is 5.39. The molecule has 23 heavy (non-hydrogen) atoms. The van der Waals surface area contributed by atoms with E-state index in [1.54, 1.807) is 18.2 Å². The van der Waals surface area contributed by atoms with E-state index in [0.29, 0.717) is 22.4 Å². The number of benzene rings is 1. The molecule has 2 aliphatic rings. The van der Waals surface area contributed by atoms with Crippen LogP contribution < -0.4 is 15.0 Å². The van der Waals surface area contributed by atoms with Gasteiger partial charge in [0, 0.05) is 11.1 Å². The van der Waals surface area contributed by atoms with Crippen molar-refractivity contribution in [2.75, 3.05) is 18.1 Å². The molecule has 1 heterocycles. The Morgan fingerprint density at radius 1 is 1.39 bits per heavy atom. The summed E-state index contributed by atoms with van der Waals surface area (Å²) in [6.45, 7) is 2.11. The quantitative estimate of drug-likeness (QED) is 0.923. The maximum atomic E-state index is 12.4. The number of halogens is 1. The topological polar surface area (TPSA) is 58.6 Å². The van der Waals surface area contributed by atoms with Crippen LogP contribution in [0.4, 0.5) is 5.69 Å². The number of ether oxygens (including phenoxy) is 1. The van der Waals surface area contributed by atoms with Crippen molar-refractivity contribution in [1.82, 2.24) is 5.32 Å². The molecule has 0 radical (unpaired) electrons. The third-order valence-corrected chi connectivity index (χ3v) is 4.86. The molecule has 1 aromatic rings. The fourth-order valence-electron chi connectivity index (χ4n) is 3.28. The minimum absolute atomic E-state index is 0.00123. The fourth-order valence-corrected chi connectivity index (χ4v) is 3.44. The van der Waals surface area contributed by atoms with Gasteiger partial charge in [0.2, 0.25) is 5.91 Å². The van der Waals surface area contributed by atoms with Crippen molar-refractivity contribution in [3.63, 3.8) is 0 Å². The average molecular weight is 337 g/mol. The average Bonchev–Trinajstić information content (AvgIpc) is 2.52. The van der Waals surface area contributed by atoms with Crippen LogP contribution in [0.2, 0.25) is 5.02 Å². The molecule has 1 aliphatic carbocycles. The van der Waals surface area contributed by atoms with E-state index in [1.807, 2.05) is 0 Å². The largest absolute Gasteiger partial charge is 0.482 e. The molecule has 0 spiro atoms. The molecule has 3 rings (SSSR count). The lowest BCUT2D eigenvalue weighted by molar-refractivity contribution is -0.126. The molecule has 124 valence electrons. The van der Waals surface area contributed by atoms with Crippen LogP contribution in [-0.2, 0) is 9.59 Å². The van der Waals surface area contributed by atoms with Gasteiger partial charge in [0.1, 0.15) is 12.3 Å². The van der Waals surface area contributed by atoms with Crippen molar-refractivity contribution >= 4 is 29.1 Å². The van der Waals surface area contributed by atoms with E-state index in [-0.39, 0.29) is 31.0 Å². The maximum Gasteiger partial charge on any atom is 0.265 e. The van der Waals surface area contributed by atoms with Gasteiger partial charge < -0.3 is 10.1 Å².